The van der Waals surface area contributed by atoms with E-state index in [1.165, 1.54) is 18.4 Å². The van der Waals surface area contributed by atoms with E-state index in [1.54, 1.807) is 0 Å². The second-order valence-corrected chi connectivity index (χ2v) is 5.40. The molecule has 0 atom stereocenters. The van der Waals surface area contributed by atoms with Gasteiger partial charge in [0.2, 0.25) is 10.0 Å². The maximum atomic E-state index is 11.1. The van der Waals surface area contributed by atoms with Crippen LogP contribution in [-0.2, 0) is 10.0 Å². The Morgan fingerprint density at radius 1 is 1.64 bits per heavy atom. The van der Waals surface area contributed by atoms with Gasteiger partial charge >= 0.3 is 5.97 Å². The molecule has 14 heavy (non-hydrogen) atoms. The first-order valence-electron chi connectivity index (χ1n) is 3.77. The molecule has 0 aliphatic rings. The highest BCUT2D eigenvalue weighted by molar-refractivity contribution is 7.92. The van der Waals surface area contributed by atoms with Gasteiger partial charge in [0.05, 0.1) is 11.3 Å². The number of anilines is 1. The normalized spacial score (nSPS) is 11.2. The quantitative estimate of drug-likeness (QED) is 0.821. The van der Waals surface area contributed by atoms with Crippen LogP contribution in [0.3, 0.4) is 0 Å². The Morgan fingerprint density at radius 2 is 2.29 bits per heavy atom. The number of carboxylic acid groups (broad SMARTS) is 1. The summed E-state index contributed by atoms with van der Waals surface area (Å²) in [6.07, 6.45) is 0. The van der Waals surface area contributed by atoms with Crippen LogP contribution in [0.4, 0.5) is 5.00 Å². The summed E-state index contributed by atoms with van der Waals surface area (Å²) in [5.41, 5.74) is -0.0213. The van der Waals surface area contributed by atoms with E-state index in [4.69, 9.17) is 5.11 Å². The number of hydrogen-bond acceptors (Lipinski definition) is 4. The second-order valence-electron chi connectivity index (χ2n) is 2.47. The molecule has 1 rings (SSSR count). The molecule has 0 saturated heterocycles. The molecule has 0 bridgehead atoms. The first-order chi connectivity index (χ1) is 6.46. The Kier molecular flexibility index (Phi) is 3.12. The van der Waals surface area contributed by atoms with Gasteiger partial charge in [-0.15, -0.1) is 11.3 Å². The van der Waals surface area contributed by atoms with Crippen LogP contribution in [0.15, 0.2) is 11.4 Å². The zero-order valence-electron chi connectivity index (χ0n) is 7.35. The van der Waals surface area contributed by atoms with Crippen LogP contribution in [0.2, 0.25) is 0 Å². The van der Waals surface area contributed by atoms with E-state index < -0.39 is 16.0 Å². The minimum Gasteiger partial charge on any atom is -0.478 e. The summed E-state index contributed by atoms with van der Waals surface area (Å²) in [4.78, 5) is 10.6. The fourth-order valence-corrected chi connectivity index (χ4v) is 2.50. The molecule has 0 unspecified atom stereocenters. The maximum absolute atomic E-state index is 11.1. The minimum atomic E-state index is -3.40. The lowest BCUT2D eigenvalue weighted by Crippen LogP contribution is -2.15. The van der Waals surface area contributed by atoms with Crippen molar-refractivity contribution < 1.29 is 18.3 Å². The van der Waals surface area contributed by atoms with Gasteiger partial charge in [-0.2, -0.15) is 0 Å². The summed E-state index contributed by atoms with van der Waals surface area (Å²) >= 11 is 1.05. The summed E-state index contributed by atoms with van der Waals surface area (Å²) in [6.45, 7) is 1.48. The van der Waals surface area contributed by atoms with Gasteiger partial charge in [0, 0.05) is 0 Å². The van der Waals surface area contributed by atoms with E-state index >= 15 is 0 Å². The van der Waals surface area contributed by atoms with Gasteiger partial charge in [-0.05, 0) is 18.4 Å². The Balaban J connectivity index is 2.98. The van der Waals surface area contributed by atoms with Crippen LogP contribution in [0, 0.1) is 0 Å². The number of nitrogens with one attached hydrogen (secondary N) is 1. The molecular formula is C7H9NO4S2. The third kappa shape index (κ3) is 2.46. The molecule has 78 valence electrons. The molecule has 1 aromatic heterocycles. The van der Waals surface area contributed by atoms with Gasteiger partial charge < -0.3 is 5.11 Å². The van der Waals surface area contributed by atoms with Crippen molar-refractivity contribution in [3.8, 4) is 0 Å². The van der Waals surface area contributed by atoms with Crippen LogP contribution in [0.5, 0.6) is 0 Å². The smallest absolute Gasteiger partial charge is 0.338 e. The number of aromatic carboxylic acids is 1. The van der Waals surface area contributed by atoms with E-state index in [9.17, 15) is 13.2 Å². The molecule has 0 saturated carbocycles. The average Bonchev–Trinajstić information content (AvgIpc) is 2.51. The standard InChI is InChI=1S/C7H9NO4S2/c1-2-14(11,12)8-6-5(7(9)10)3-4-13-6/h3-4,8H,2H2,1H3,(H,9,10). The van der Waals surface area contributed by atoms with E-state index in [-0.39, 0.29) is 16.3 Å². The van der Waals surface area contributed by atoms with Crippen molar-refractivity contribution in [3.63, 3.8) is 0 Å². The molecule has 0 aliphatic carbocycles. The molecule has 0 aliphatic heterocycles. The summed E-state index contributed by atoms with van der Waals surface area (Å²) in [7, 11) is -3.40. The van der Waals surface area contributed by atoms with Gasteiger partial charge in [0.25, 0.3) is 0 Å². The highest BCUT2D eigenvalue weighted by Crippen LogP contribution is 2.24. The van der Waals surface area contributed by atoms with Crippen molar-refractivity contribution in [2.45, 2.75) is 6.92 Å². The van der Waals surface area contributed by atoms with Gasteiger partial charge in [0.1, 0.15) is 5.00 Å². The van der Waals surface area contributed by atoms with Crippen molar-refractivity contribution in [2.24, 2.45) is 0 Å². The lowest BCUT2D eigenvalue weighted by atomic mass is 10.3. The first-order valence-corrected chi connectivity index (χ1v) is 6.30. The summed E-state index contributed by atoms with van der Waals surface area (Å²) in [5.74, 6) is -1.22. The average molecular weight is 235 g/mol. The lowest BCUT2D eigenvalue weighted by molar-refractivity contribution is 0.0698. The molecule has 0 radical (unpaired) electrons. The Bertz CT molecular complexity index is 434. The zero-order valence-corrected chi connectivity index (χ0v) is 8.98. The molecule has 2 N–H and O–H groups in total. The van der Waals surface area contributed by atoms with E-state index in [2.05, 4.69) is 4.72 Å². The Hall–Kier alpha value is -1.08. The molecule has 7 heteroatoms. The molecular weight excluding hydrogens is 226 g/mol. The number of hydrogen-bond donors (Lipinski definition) is 2. The van der Waals surface area contributed by atoms with Crippen molar-refractivity contribution in [1.29, 1.82) is 0 Å². The predicted molar refractivity (Wildman–Crippen MR) is 54.4 cm³/mol. The summed E-state index contributed by atoms with van der Waals surface area (Å²) < 4.78 is 24.5. The topological polar surface area (TPSA) is 83.5 Å². The monoisotopic (exact) mass is 235 g/mol. The third-order valence-corrected chi connectivity index (χ3v) is 3.76. The van der Waals surface area contributed by atoms with Crippen molar-refractivity contribution in [3.05, 3.63) is 17.0 Å². The number of thiophene rings is 1. The fraction of sp³-hybridized carbons (Fsp3) is 0.286. The number of sulfonamides is 1. The van der Waals surface area contributed by atoms with Gasteiger partial charge in [-0.3, -0.25) is 4.72 Å². The molecule has 0 aromatic carbocycles. The molecule has 0 amide bonds. The summed E-state index contributed by atoms with van der Waals surface area (Å²) in [5, 5.41) is 10.4. The number of carboxylic acids is 1. The molecule has 1 heterocycles. The largest absolute Gasteiger partial charge is 0.478 e. The van der Waals surface area contributed by atoms with E-state index in [0.717, 1.165) is 11.3 Å². The number of carbonyl (C=O) groups is 1. The molecule has 0 fully saturated rings. The zero-order chi connectivity index (χ0) is 10.8. The van der Waals surface area contributed by atoms with E-state index in [0.29, 0.717) is 0 Å². The van der Waals surface area contributed by atoms with Gasteiger partial charge in [-0.1, -0.05) is 0 Å². The van der Waals surface area contributed by atoms with Crippen LogP contribution in [0.1, 0.15) is 17.3 Å². The van der Waals surface area contributed by atoms with Crippen molar-refractivity contribution in [1.82, 2.24) is 0 Å². The van der Waals surface area contributed by atoms with E-state index in [1.807, 2.05) is 0 Å². The minimum absolute atomic E-state index is 0.0213. The van der Waals surface area contributed by atoms with Crippen LogP contribution in [-0.4, -0.2) is 25.2 Å². The lowest BCUT2D eigenvalue weighted by Gasteiger charge is -2.03. The first kappa shape index (κ1) is 11.0. The second kappa shape index (κ2) is 3.97. The Labute approximate surface area is 85.4 Å². The van der Waals surface area contributed by atoms with Crippen molar-refractivity contribution >= 4 is 32.3 Å². The van der Waals surface area contributed by atoms with Crippen LogP contribution >= 0.6 is 11.3 Å². The van der Waals surface area contributed by atoms with Crippen LogP contribution in [0.25, 0.3) is 0 Å². The third-order valence-electron chi connectivity index (χ3n) is 1.52. The molecule has 0 spiro atoms. The molecule has 5 nitrogen and oxygen atoms in total. The summed E-state index contributed by atoms with van der Waals surface area (Å²) in [6, 6.07) is 1.36. The maximum Gasteiger partial charge on any atom is 0.338 e. The highest BCUT2D eigenvalue weighted by Gasteiger charge is 2.15. The number of rotatable bonds is 4. The van der Waals surface area contributed by atoms with Gasteiger partial charge in [-0.25, -0.2) is 13.2 Å². The molecule has 1 aromatic rings. The fourth-order valence-electron chi connectivity index (χ4n) is 0.770. The Morgan fingerprint density at radius 3 is 2.79 bits per heavy atom. The SMILES string of the molecule is CCS(=O)(=O)Nc1sccc1C(=O)O. The van der Waals surface area contributed by atoms with Crippen molar-refractivity contribution in [2.75, 3.05) is 10.5 Å². The predicted octanol–water partition coefficient (Wildman–Crippen LogP) is 1.21. The van der Waals surface area contributed by atoms with Crippen LogP contribution < -0.4 is 4.72 Å². The highest BCUT2D eigenvalue weighted by atomic mass is 32.2. The van der Waals surface area contributed by atoms with Gasteiger partial charge in [0.15, 0.2) is 0 Å².